The molecular weight excluding hydrogens is 406 g/mol. The maximum atomic E-state index is 13.6. The Morgan fingerprint density at radius 1 is 1.16 bits per heavy atom. The molecule has 2 aromatic carbocycles. The molecule has 0 spiro atoms. The molecule has 1 aromatic heterocycles. The van der Waals surface area contributed by atoms with Crippen LogP contribution in [0.2, 0.25) is 0 Å². The van der Waals surface area contributed by atoms with E-state index in [1.807, 2.05) is 44.2 Å². The zero-order chi connectivity index (χ0) is 23.0. The first-order chi connectivity index (χ1) is 15.3. The molecule has 1 amide bonds. The Balaban J connectivity index is 1.85. The number of hydrogen-bond acceptors (Lipinski definition) is 5. The minimum Gasteiger partial charge on any atom is -0.494 e. The third-order valence-corrected chi connectivity index (χ3v) is 5.88. The van der Waals surface area contributed by atoms with Gasteiger partial charge in [0.25, 0.3) is 5.91 Å². The van der Waals surface area contributed by atoms with Crippen molar-refractivity contribution < 1.29 is 19.1 Å². The van der Waals surface area contributed by atoms with Gasteiger partial charge >= 0.3 is 0 Å². The standard InChI is InChI=1S/C26H29NO5/c1-15(2)8-11-31-19-7-5-6-18(14-19)22-21-23(29)20-13-16(3)12-17(4)24(20)32-25(21)26(30)27(22)9-10-28/h5-7,12-15,22,28H,8-11H2,1-4H3. The number of amides is 1. The Labute approximate surface area is 187 Å². The highest BCUT2D eigenvalue weighted by Crippen LogP contribution is 2.39. The van der Waals surface area contributed by atoms with Crippen molar-refractivity contribution in [1.29, 1.82) is 0 Å². The van der Waals surface area contributed by atoms with Gasteiger partial charge in [-0.05, 0) is 61.1 Å². The molecule has 0 saturated heterocycles. The first-order valence-corrected chi connectivity index (χ1v) is 11.0. The van der Waals surface area contributed by atoms with Crippen LogP contribution in [0.4, 0.5) is 0 Å². The topological polar surface area (TPSA) is 80.0 Å². The largest absolute Gasteiger partial charge is 0.494 e. The summed E-state index contributed by atoms with van der Waals surface area (Å²) in [7, 11) is 0. The molecule has 0 radical (unpaired) electrons. The molecule has 0 saturated carbocycles. The fourth-order valence-corrected chi connectivity index (χ4v) is 4.35. The summed E-state index contributed by atoms with van der Waals surface area (Å²) in [5, 5.41) is 10.1. The number of hydrogen-bond donors (Lipinski definition) is 1. The zero-order valence-electron chi connectivity index (χ0n) is 19.0. The number of nitrogens with zero attached hydrogens (tertiary/aromatic N) is 1. The highest BCUT2D eigenvalue weighted by molar-refractivity contribution is 5.99. The van der Waals surface area contributed by atoms with Crippen LogP contribution in [-0.4, -0.2) is 35.7 Å². The molecule has 6 heteroatoms. The van der Waals surface area contributed by atoms with Crippen LogP contribution < -0.4 is 10.2 Å². The van der Waals surface area contributed by atoms with Gasteiger partial charge < -0.3 is 19.2 Å². The summed E-state index contributed by atoms with van der Waals surface area (Å²) in [5.74, 6) is 0.885. The van der Waals surface area contributed by atoms with Gasteiger partial charge in [-0.1, -0.05) is 32.0 Å². The molecule has 0 fully saturated rings. The fourth-order valence-electron chi connectivity index (χ4n) is 4.35. The summed E-state index contributed by atoms with van der Waals surface area (Å²) in [6, 6.07) is 10.6. The van der Waals surface area contributed by atoms with E-state index in [4.69, 9.17) is 9.15 Å². The van der Waals surface area contributed by atoms with Gasteiger partial charge in [0.2, 0.25) is 5.76 Å². The van der Waals surface area contributed by atoms with E-state index >= 15 is 0 Å². The van der Waals surface area contributed by atoms with Crippen LogP contribution in [0.3, 0.4) is 0 Å². The summed E-state index contributed by atoms with van der Waals surface area (Å²) in [5.41, 5.74) is 3.06. The van der Waals surface area contributed by atoms with Crippen LogP contribution in [0.25, 0.3) is 11.0 Å². The van der Waals surface area contributed by atoms with Crippen LogP contribution >= 0.6 is 0 Å². The lowest BCUT2D eigenvalue weighted by Gasteiger charge is -2.24. The number of carbonyl (C=O) groups is 1. The molecule has 32 heavy (non-hydrogen) atoms. The van der Waals surface area contributed by atoms with Crippen LogP contribution in [0.5, 0.6) is 5.75 Å². The molecule has 1 N–H and O–H groups in total. The summed E-state index contributed by atoms with van der Waals surface area (Å²) in [4.78, 5) is 28.3. The molecule has 3 aromatic rings. The van der Waals surface area contributed by atoms with Crippen molar-refractivity contribution in [3.05, 3.63) is 74.6 Å². The molecule has 2 heterocycles. The second-order valence-electron chi connectivity index (χ2n) is 8.86. The second kappa shape index (κ2) is 8.79. The Hall–Kier alpha value is -3.12. The van der Waals surface area contributed by atoms with Crippen molar-refractivity contribution in [2.24, 2.45) is 5.92 Å². The molecule has 0 aliphatic carbocycles. The first-order valence-electron chi connectivity index (χ1n) is 11.0. The monoisotopic (exact) mass is 435 g/mol. The summed E-state index contributed by atoms with van der Waals surface area (Å²) in [6.07, 6.45) is 0.930. The Kier molecular flexibility index (Phi) is 6.07. The first kappa shape index (κ1) is 22.1. The van der Waals surface area contributed by atoms with E-state index < -0.39 is 6.04 Å². The van der Waals surface area contributed by atoms with E-state index in [0.717, 1.165) is 23.1 Å². The van der Waals surface area contributed by atoms with Crippen molar-refractivity contribution in [2.75, 3.05) is 19.8 Å². The summed E-state index contributed by atoms with van der Waals surface area (Å²) < 4.78 is 11.9. The van der Waals surface area contributed by atoms with Crippen LogP contribution in [0.1, 0.15) is 59.1 Å². The lowest BCUT2D eigenvalue weighted by molar-refractivity contribution is 0.0691. The molecule has 1 aliphatic rings. The summed E-state index contributed by atoms with van der Waals surface area (Å²) >= 11 is 0. The fraction of sp³-hybridized carbons (Fsp3) is 0.385. The van der Waals surface area contributed by atoms with E-state index in [0.29, 0.717) is 34.8 Å². The van der Waals surface area contributed by atoms with Crippen LogP contribution in [-0.2, 0) is 0 Å². The molecule has 1 atom stereocenters. The van der Waals surface area contributed by atoms with Gasteiger partial charge in [-0.3, -0.25) is 9.59 Å². The van der Waals surface area contributed by atoms with Crippen molar-refractivity contribution >= 4 is 16.9 Å². The van der Waals surface area contributed by atoms with Gasteiger partial charge in [0.1, 0.15) is 11.3 Å². The predicted octanol–water partition coefficient (Wildman–Crippen LogP) is 4.37. The van der Waals surface area contributed by atoms with Crippen molar-refractivity contribution in [2.45, 2.75) is 40.2 Å². The normalized spacial score (nSPS) is 15.6. The van der Waals surface area contributed by atoms with Gasteiger partial charge in [0.05, 0.1) is 30.2 Å². The van der Waals surface area contributed by atoms with Crippen LogP contribution in [0.15, 0.2) is 45.6 Å². The van der Waals surface area contributed by atoms with Gasteiger partial charge in [-0.2, -0.15) is 0 Å². The molecule has 6 nitrogen and oxygen atoms in total. The number of ether oxygens (including phenoxy) is 1. The van der Waals surface area contributed by atoms with Gasteiger partial charge in [0, 0.05) is 6.54 Å². The van der Waals surface area contributed by atoms with E-state index in [1.54, 1.807) is 6.07 Å². The van der Waals surface area contributed by atoms with E-state index in [9.17, 15) is 14.7 Å². The summed E-state index contributed by atoms with van der Waals surface area (Å²) in [6.45, 7) is 8.55. The highest BCUT2D eigenvalue weighted by atomic mass is 16.5. The molecule has 168 valence electrons. The molecular formula is C26H29NO5. The smallest absolute Gasteiger partial charge is 0.290 e. The van der Waals surface area contributed by atoms with Crippen molar-refractivity contribution in [3.63, 3.8) is 0 Å². The van der Waals surface area contributed by atoms with E-state index in [1.165, 1.54) is 4.90 Å². The Bertz CT molecular complexity index is 1230. The molecule has 4 rings (SSSR count). The highest BCUT2D eigenvalue weighted by Gasteiger charge is 2.42. The van der Waals surface area contributed by atoms with Crippen LogP contribution in [0, 0.1) is 19.8 Å². The number of aryl methyl sites for hydroxylation is 2. The molecule has 1 unspecified atom stereocenters. The van der Waals surface area contributed by atoms with Gasteiger partial charge in [0.15, 0.2) is 5.43 Å². The molecule has 1 aliphatic heterocycles. The van der Waals surface area contributed by atoms with Crippen molar-refractivity contribution in [3.8, 4) is 5.75 Å². The lowest BCUT2D eigenvalue weighted by Crippen LogP contribution is -2.32. The minimum atomic E-state index is -0.639. The van der Waals surface area contributed by atoms with Gasteiger partial charge in [-0.25, -0.2) is 0 Å². The Morgan fingerprint density at radius 2 is 1.94 bits per heavy atom. The lowest BCUT2D eigenvalue weighted by atomic mass is 9.97. The predicted molar refractivity (Wildman–Crippen MR) is 123 cm³/mol. The number of aliphatic hydroxyl groups excluding tert-OH is 1. The average Bonchev–Trinajstić information content (AvgIpc) is 3.02. The third kappa shape index (κ3) is 3.91. The molecule has 0 bridgehead atoms. The number of rotatable bonds is 7. The number of aliphatic hydroxyl groups is 1. The second-order valence-corrected chi connectivity index (χ2v) is 8.86. The Morgan fingerprint density at radius 3 is 2.66 bits per heavy atom. The number of fused-ring (bicyclic) bond motifs is 2. The maximum Gasteiger partial charge on any atom is 0.290 e. The third-order valence-electron chi connectivity index (χ3n) is 5.88. The van der Waals surface area contributed by atoms with E-state index in [-0.39, 0.29) is 30.2 Å². The quantitative estimate of drug-likeness (QED) is 0.596. The SMILES string of the molecule is Cc1cc(C)c2oc3c(c(=O)c2c1)C(c1cccc(OCCC(C)C)c1)N(CCO)C3=O. The van der Waals surface area contributed by atoms with Gasteiger partial charge in [-0.15, -0.1) is 0 Å². The number of benzene rings is 2. The average molecular weight is 436 g/mol. The zero-order valence-corrected chi connectivity index (χ0v) is 19.0. The maximum absolute atomic E-state index is 13.6. The van der Waals surface area contributed by atoms with E-state index in [2.05, 4.69) is 13.8 Å². The van der Waals surface area contributed by atoms with Crippen molar-refractivity contribution in [1.82, 2.24) is 4.90 Å². The minimum absolute atomic E-state index is 0.0547. The number of β-amino-alcohol motifs (C(OH)–C–C–N with tert-alkyl or cyclic N) is 1. The number of carbonyl (C=O) groups excluding carboxylic acids is 1.